The Morgan fingerprint density at radius 3 is 2.83 bits per heavy atom. The van der Waals surface area contributed by atoms with Crippen LogP contribution >= 0.6 is 28.1 Å². The van der Waals surface area contributed by atoms with Crippen LogP contribution in [0.25, 0.3) is 0 Å². The van der Waals surface area contributed by atoms with Crippen LogP contribution in [0.5, 0.6) is 0 Å². The molecule has 1 fully saturated rings. The fraction of sp³-hybridized carbons (Fsp3) is 0.462. The van der Waals surface area contributed by atoms with Crippen molar-refractivity contribution >= 4 is 38.8 Å². The predicted octanol–water partition coefficient (Wildman–Crippen LogP) is 3.06. The summed E-state index contributed by atoms with van der Waals surface area (Å²) in [7, 11) is 0. The molecule has 0 saturated carbocycles. The quantitative estimate of drug-likeness (QED) is 0.837. The summed E-state index contributed by atoms with van der Waals surface area (Å²) in [6.45, 7) is 5.07. The van der Waals surface area contributed by atoms with Gasteiger partial charge in [-0.15, -0.1) is 0 Å². The van der Waals surface area contributed by atoms with Crippen molar-refractivity contribution in [1.82, 2.24) is 0 Å². The third-order valence-corrected chi connectivity index (χ3v) is 4.45. The summed E-state index contributed by atoms with van der Waals surface area (Å²) in [5, 5.41) is 3.55. The smallest absolute Gasteiger partial charge is 0.104 e. The molecule has 0 spiro atoms. The Hall–Kier alpha value is -0.650. The van der Waals surface area contributed by atoms with Gasteiger partial charge in [-0.25, -0.2) is 0 Å². The van der Waals surface area contributed by atoms with Gasteiger partial charge >= 0.3 is 0 Å². The van der Waals surface area contributed by atoms with Crippen molar-refractivity contribution in [2.75, 3.05) is 11.9 Å². The first-order chi connectivity index (χ1) is 8.42. The molecule has 1 aromatic carbocycles. The Balaban J connectivity index is 2.22. The highest BCUT2D eigenvalue weighted by molar-refractivity contribution is 9.10. The van der Waals surface area contributed by atoms with Gasteiger partial charge in [-0.3, -0.25) is 0 Å². The molecule has 3 N–H and O–H groups in total. The van der Waals surface area contributed by atoms with E-state index in [0.29, 0.717) is 4.99 Å². The number of benzene rings is 1. The Kier molecular flexibility index (Phi) is 3.94. The number of halogens is 1. The minimum atomic E-state index is -0.0345. The highest BCUT2D eigenvalue weighted by Gasteiger charge is 2.37. The number of thiocarbonyl (C=S) groups is 1. The Labute approximate surface area is 121 Å². The van der Waals surface area contributed by atoms with E-state index in [9.17, 15) is 0 Å². The molecule has 0 radical (unpaired) electrons. The van der Waals surface area contributed by atoms with Crippen molar-refractivity contribution in [1.29, 1.82) is 0 Å². The van der Waals surface area contributed by atoms with E-state index < -0.39 is 0 Å². The molecule has 0 bridgehead atoms. The van der Waals surface area contributed by atoms with Gasteiger partial charge < -0.3 is 15.8 Å². The maximum absolute atomic E-state index is 5.62. The minimum absolute atomic E-state index is 0.0345. The van der Waals surface area contributed by atoms with Crippen LogP contribution in [0.15, 0.2) is 22.7 Å². The molecule has 2 unspecified atom stereocenters. The van der Waals surface area contributed by atoms with Crippen molar-refractivity contribution in [3.05, 3.63) is 28.2 Å². The van der Waals surface area contributed by atoms with Crippen LogP contribution in [0.2, 0.25) is 0 Å². The van der Waals surface area contributed by atoms with E-state index >= 15 is 0 Å². The number of ether oxygens (including phenoxy) is 1. The number of anilines is 1. The second-order valence-corrected chi connectivity index (χ2v) is 6.16. The Bertz CT molecular complexity index is 480. The van der Waals surface area contributed by atoms with E-state index in [2.05, 4.69) is 35.1 Å². The van der Waals surface area contributed by atoms with Crippen LogP contribution in [-0.4, -0.2) is 23.2 Å². The fourth-order valence-corrected chi connectivity index (χ4v) is 2.68. The van der Waals surface area contributed by atoms with Gasteiger partial charge in [0.15, 0.2) is 0 Å². The summed E-state index contributed by atoms with van der Waals surface area (Å²) in [5.74, 6) is 0. The summed E-state index contributed by atoms with van der Waals surface area (Å²) < 4.78 is 6.59. The van der Waals surface area contributed by atoms with E-state index in [1.54, 1.807) is 0 Å². The average Bonchev–Trinajstić information content (AvgIpc) is 2.62. The van der Waals surface area contributed by atoms with E-state index in [4.69, 9.17) is 22.7 Å². The zero-order valence-corrected chi connectivity index (χ0v) is 12.9. The average molecular weight is 329 g/mol. The third-order valence-electron chi connectivity index (χ3n) is 3.56. The van der Waals surface area contributed by atoms with Gasteiger partial charge in [0.1, 0.15) is 4.99 Å². The molecular formula is C13H17BrN2OS. The van der Waals surface area contributed by atoms with E-state index in [-0.39, 0.29) is 11.6 Å². The largest absolute Gasteiger partial charge is 0.389 e. The number of hydrogen-bond donors (Lipinski definition) is 2. The van der Waals surface area contributed by atoms with Crippen molar-refractivity contribution < 1.29 is 4.74 Å². The molecule has 5 heteroatoms. The van der Waals surface area contributed by atoms with Gasteiger partial charge in [-0.2, -0.15) is 0 Å². The topological polar surface area (TPSA) is 47.3 Å². The first-order valence-corrected chi connectivity index (χ1v) is 7.12. The predicted molar refractivity (Wildman–Crippen MR) is 82.1 cm³/mol. The second-order valence-electron chi connectivity index (χ2n) is 4.86. The van der Waals surface area contributed by atoms with Crippen LogP contribution < -0.4 is 11.1 Å². The van der Waals surface area contributed by atoms with Crippen LogP contribution in [0, 0.1) is 0 Å². The van der Waals surface area contributed by atoms with Gasteiger partial charge in [0, 0.05) is 22.3 Å². The molecule has 98 valence electrons. The van der Waals surface area contributed by atoms with E-state index in [1.807, 2.05) is 18.2 Å². The highest BCUT2D eigenvalue weighted by Crippen LogP contribution is 2.33. The molecule has 1 aliphatic rings. The molecule has 1 heterocycles. The van der Waals surface area contributed by atoms with Crippen molar-refractivity contribution in [2.45, 2.75) is 31.9 Å². The van der Waals surface area contributed by atoms with Crippen molar-refractivity contribution in [3.63, 3.8) is 0 Å². The van der Waals surface area contributed by atoms with Gasteiger partial charge in [0.25, 0.3) is 0 Å². The number of rotatable bonds is 3. The molecule has 2 atom stereocenters. The van der Waals surface area contributed by atoms with Crippen molar-refractivity contribution in [3.8, 4) is 0 Å². The zero-order valence-electron chi connectivity index (χ0n) is 10.5. The normalized spacial score (nSPS) is 27.2. The molecule has 1 aromatic rings. The highest BCUT2D eigenvalue weighted by atomic mass is 79.9. The third kappa shape index (κ3) is 2.68. The van der Waals surface area contributed by atoms with Crippen LogP contribution in [-0.2, 0) is 4.74 Å². The van der Waals surface area contributed by atoms with Crippen molar-refractivity contribution in [2.24, 2.45) is 5.73 Å². The Morgan fingerprint density at radius 1 is 1.61 bits per heavy atom. The SMILES string of the molecule is CC1OCCC1(C)Nc1ccc(C(N)=S)cc1Br. The lowest BCUT2D eigenvalue weighted by Gasteiger charge is -2.30. The lowest BCUT2D eigenvalue weighted by atomic mass is 9.94. The first-order valence-electron chi connectivity index (χ1n) is 5.91. The number of nitrogens with one attached hydrogen (secondary N) is 1. The van der Waals surface area contributed by atoms with Gasteiger partial charge in [-0.1, -0.05) is 12.2 Å². The molecule has 3 nitrogen and oxygen atoms in total. The van der Waals surface area contributed by atoms with Gasteiger partial charge in [-0.05, 0) is 54.4 Å². The lowest BCUT2D eigenvalue weighted by Crippen LogP contribution is -2.41. The van der Waals surface area contributed by atoms with Crippen LogP contribution in [0.4, 0.5) is 5.69 Å². The molecular weight excluding hydrogens is 312 g/mol. The summed E-state index contributed by atoms with van der Waals surface area (Å²) in [5.41, 5.74) is 7.48. The molecule has 2 rings (SSSR count). The summed E-state index contributed by atoms with van der Waals surface area (Å²) in [4.78, 5) is 0.408. The monoisotopic (exact) mass is 328 g/mol. The molecule has 18 heavy (non-hydrogen) atoms. The fourth-order valence-electron chi connectivity index (χ4n) is 2.08. The second kappa shape index (κ2) is 5.15. The molecule has 1 aliphatic heterocycles. The zero-order chi connectivity index (χ0) is 13.3. The number of nitrogens with two attached hydrogens (primary N) is 1. The maximum Gasteiger partial charge on any atom is 0.104 e. The van der Waals surface area contributed by atoms with Gasteiger partial charge in [0.05, 0.1) is 11.6 Å². The maximum atomic E-state index is 5.62. The Morgan fingerprint density at radius 2 is 2.33 bits per heavy atom. The molecule has 0 amide bonds. The van der Waals surface area contributed by atoms with Crippen LogP contribution in [0.3, 0.4) is 0 Å². The molecule has 1 saturated heterocycles. The summed E-state index contributed by atoms with van der Waals surface area (Å²) in [6, 6.07) is 5.86. The first kappa shape index (κ1) is 13.8. The van der Waals surface area contributed by atoms with Crippen LogP contribution in [0.1, 0.15) is 25.8 Å². The van der Waals surface area contributed by atoms with E-state index in [1.165, 1.54) is 0 Å². The number of hydrogen-bond acceptors (Lipinski definition) is 3. The standard InChI is InChI=1S/C13H17BrN2OS/c1-8-13(2,5-6-17-8)16-11-4-3-9(12(15)18)7-10(11)14/h3-4,7-8,16H,5-6H2,1-2H3,(H2,15,18). The lowest BCUT2D eigenvalue weighted by molar-refractivity contribution is 0.105. The molecule has 0 aliphatic carbocycles. The van der Waals surface area contributed by atoms with E-state index in [0.717, 1.165) is 28.8 Å². The summed E-state index contributed by atoms with van der Waals surface area (Å²) in [6.07, 6.45) is 1.19. The summed E-state index contributed by atoms with van der Waals surface area (Å²) >= 11 is 8.51. The van der Waals surface area contributed by atoms with Gasteiger partial charge in [0.2, 0.25) is 0 Å². The minimum Gasteiger partial charge on any atom is -0.389 e. The molecule has 0 aromatic heterocycles.